The number of carbonyl (C=O) groups excluding carboxylic acids is 2. The van der Waals surface area contributed by atoms with Crippen molar-refractivity contribution in [1.82, 2.24) is 25.6 Å². The Kier molecular flexibility index (Phi) is 7.13. The molecular weight excluding hydrogens is 452 g/mol. The maximum Gasteiger partial charge on any atom is 0.243 e. The van der Waals surface area contributed by atoms with Gasteiger partial charge in [-0.1, -0.05) is 55.0 Å². The first-order valence-electron chi connectivity index (χ1n) is 12.5. The quantitative estimate of drug-likeness (QED) is 0.237. The van der Waals surface area contributed by atoms with Gasteiger partial charge < -0.3 is 26.3 Å². The number of aromatic nitrogens is 3. The van der Waals surface area contributed by atoms with E-state index in [4.69, 9.17) is 5.73 Å². The van der Waals surface area contributed by atoms with E-state index < -0.39 is 12.1 Å². The molecule has 1 saturated carbocycles. The number of nitrogens with zero attached hydrogens (tertiary/aromatic N) is 1. The summed E-state index contributed by atoms with van der Waals surface area (Å²) in [6.45, 7) is 0.379. The number of para-hydroxylation sites is 1. The summed E-state index contributed by atoms with van der Waals surface area (Å²) in [5, 5.41) is 6.89. The van der Waals surface area contributed by atoms with Crippen molar-refractivity contribution in [2.24, 2.45) is 5.73 Å². The predicted molar refractivity (Wildman–Crippen MR) is 139 cm³/mol. The largest absolute Gasteiger partial charge is 0.361 e. The third-order valence-corrected chi connectivity index (χ3v) is 6.96. The molecule has 1 fully saturated rings. The number of aromatic amines is 2. The third kappa shape index (κ3) is 5.49. The highest BCUT2D eigenvalue weighted by molar-refractivity contribution is 5.90. The van der Waals surface area contributed by atoms with E-state index in [1.54, 1.807) is 6.20 Å². The molecule has 0 saturated heterocycles. The molecule has 2 heterocycles. The number of amides is 2. The molecule has 0 bridgehead atoms. The molecule has 1 aliphatic carbocycles. The summed E-state index contributed by atoms with van der Waals surface area (Å²) >= 11 is 0. The van der Waals surface area contributed by atoms with E-state index in [1.165, 1.54) is 6.42 Å². The van der Waals surface area contributed by atoms with Crippen molar-refractivity contribution in [3.8, 4) is 0 Å². The lowest BCUT2D eigenvalue weighted by Gasteiger charge is -2.23. The van der Waals surface area contributed by atoms with Crippen LogP contribution in [0.5, 0.6) is 0 Å². The predicted octanol–water partition coefficient (Wildman–Crippen LogP) is 3.07. The van der Waals surface area contributed by atoms with Crippen LogP contribution in [0, 0.1) is 0 Å². The van der Waals surface area contributed by atoms with E-state index in [1.807, 2.05) is 60.8 Å². The van der Waals surface area contributed by atoms with Gasteiger partial charge in [0.2, 0.25) is 11.8 Å². The number of nitrogens with two attached hydrogens (primary N) is 1. The number of benzene rings is 2. The molecule has 2 amide bonds. The van der Waals surface area contributed by atoms with Crippen LogP contribution in [0.25, 0.3) is 10.9 Å². The van der Waals surface area contributed by atoms with Gasteiger partial charge in [-0.05, 0) is 36.5 Å². The fourth-order valence-electron chi connectivity index (χ4n) is 4.62. The first-order chi connectivity index (χ1) is 17.6. The van der Waals surface area contributed by atoms with Crippen LogP contribution in [0.15, 0.2) is 67.0 Å². The number of nitrogens with one attached hydrogen (secondary N) is 4. The van der Waals surface area contributed by atoms with Gasteiger partial charge in [-0.2, -0.15) is 0 Å². The Balaban J connectivity index is 1.27. The zero-order valence-electron chi connectivity index (χ0n) is 20.2. The highest BCUT2D eigenvalue weighted by Gasteiger charge is 2.27. The number of hydrogen-bond donors (Lipinski definition) is 5. The van der Waals surface area contributed by atoms with Gasteiger partial charge in [0, 0.05) is 47.9 Å². The summed E-state index contributed by atoms with van der Waals surface area (Å²) in [7, 11) is 0. The summed E-state index contributed by atoms with van der Waals surface area (Å²) < 4.78 is 0. The minimum atomic E-state index is -0.791. The fraction of sp³-hybridized carbons (Fsp3) is 0.321. The maximum atomic E-state index is 13.2. The lowest BCUT2D eigenvalue weighted by atomic mass is 9.85. The average molecular weight is 485 g/mol. The van der Waals surface area contributed by atoms with Crippen LogP contribution in [0.2, 0.25) is 0 Å². The second-order valence-electron chi connectivity index (χ2n) is 9.56. The molecule has 4 aromatic rings. The van der Waals surface area contributed by atoms with E-state index >= 15 is 0 Å². The summed E-state index contributed by atoms with van der Waals surface area (Å²) in [6.07, 6.45) is 7.81. The van der Waals surface area contributed by atoms with Crippen LogP contribution in [0.3, 0.4) is 0 Å². The van der Waals surface area contributed by atoms with Gasteiger partial charge in [0.15, 0.2) is 0 Å². The van der Waals surface area contributed by atoms with Crippen LogP contribution in [-0.2, 0) is 29.0 Å². The number of H-pyrrole nitrogens is 2. The highest BCUT2D eigenvalue weighted by Crippen LogP contribution is 2.34. The van der Waals surface area contributed by atoms with Crippen molar-refractivity contribution in [2.75, 3.05) is 0 Å². The van der Waals surface area contributed by atoms with Crippen molar-refractivity contribution in [3.63, 3.8) is 0 Å². The molecule has 8 nitrogen and oxygen atoms in total. The molecule has 0 unspecified atom stereocenters. The lowest BCUT2D eigenvalue weighted by Crippen LogP contribution is -2.53. The highest BCUT2D eigenvalue weighted by atomic mass is 16.2. The molecule has 2 aromatic heterocycles. The van der Waals surface area contributed by atoms with Gasteiger partial charge in [0.1, 0.15) is 11.9 Å². The first kappa shape index (κ1) is 23.8. The van der Waals surface area contributed by atoms with Gasteiger partial charge in [-0.15, -0.1) is 0 Å². The number of rotatable bonds is 10. The Hall–Kier alpha value is -3.91. The Labute approximate surface area is 210 Å². The Morgan fingerprint density at radius 2 is 1.81 bits per heavy atom. The summed E-state index contributed by atoms with van der Waals surface area (Å²) in [6, 6.07) is 16.0. The Bertz CT molecular complexity index is 1320. The van der Waals surface area contributed by atoms with Crippen LogP contribution >= 0.6 is 0 Å². The van der Waals surface area contributed by atoms with Crippen LogP contribution in [0.1, 0.15) is 47.8 Å². The van der Waals surface area contributed by atoms with Crippen molar-refractivity contribution < 1.29 is 9.59 Å². The van der Waals surface area contributed by atoms with Crippen molar-refractivity contribution in [3.05, 3.63) is 89.6 Å². The van der Waals surface area contributed by atoms with E-state index in [2.05, 4.69) is 25.6 Å². The molecule has 186 valence electrons. The first-order valence-corrected chi connectivity index (χ1v) is 12.5. The van der Waals surface area contributed by atoms with E-state index in [-0.39, 0.29) is 11.8 Å². The standard InChI is InChI=1S/C28H32N6O2/c29-23(13-20-16-30-24-12-5-4-11-22(20)24)27(35)34-25(28(36)32-15-18-7-2-1-3-8-18)14-21-17-31-26(33-21)19-9-6-10-19/h1-5,7-8,11-12,16-17,19,23,25,30H,6,9-10,13-15,29H2,(H,31,33)(H,32,36)(H,34,35)/t23-,25-/m0/s1. The van der Waals surface area contributed by atoms with E-state index in [0.717, 1.165) is 46.4 Å². The van der Waals surface area contributed by atoms with Gasteiger partial charge in [-0.3, -0.25) is 9.59 Å². The normalized spacial score (nSPS) is 15.2. The molecule has 2 atom stereocenters. The van der Waals surface area contributed by atoms with Crippen LogP contribution in [-0.4, -0.2) is 38.8 Å². The second kappa shape index (κ2) is 10.8. The van der Waals surface area contributed by atoms with Crippen molar-refractivity contribution in [2.45, 2.75) is 56.7 Å². The minimum Gasteiger partial charge on any atom is -0.361 e. The summed E-state index contributed by atoms with van der Waals surface area (Å²) in [5.74, 6) is 0.801. The molecule has 8 heteroatoms. The molecule has 5 rings (SSSR count). The monoisotopic (exact) mass is 484 g/mol. The van der Waals surface area contributed by atoms with E-state index in [0.29, 0.717) is 25.3 Å². The minimum absolute atomic E-state index is 0.258. The average Bonchev–Trinajstić information content (AvgIpc) is 3.49. The van der Waals surface area contributed by atoms with Gasteiger partial charge in [0.05, 0.1) is 6.04 Å². The molecule has 0 aliphatic heterocycles. The van der Waals surface area contributed by atoms with Crippen molar-refractivity contribution >= 4 is 22.7 Å². The summed E-state index contributed by atoms with van der Waals surface area (Å²) in [5.41, 5.74) is 10.1. The molecular formula is C28H32N6O2. The molecule has 1 aliphatic rings. The molecule has 2 aromatic carbocycles. The smallest absolute Gasteiger partial charge is 0.243 e. The van der Waals surface area contributed by atoms with Gasteiger partial charge >= 0.3 is 0 Å². The molecule has 0 spiro atoms. The lowest BCUT2D eigenvalue weighted by molar-refractivity contribution is -0.129. The zero-order valence-corrected chi connectivity index (χ0v) is 20.2. The topological polar surface area (TPSA) is 129 Å². The van der Waals surface area contributed by atoms with Crippen LogP contribution < -0.4 is 16.4 Å². The Morgan fingerprint density at radius 1 is 1.03 bits per heavy atom. The molecule has 0 radical (unpaired) electrons. The Morgan fingerprint density at radius 3 is 2.58 bits per heavy atom. The second-order valence-corrected chi connectivity index (χ2v) is 9.56. The van der Waals surface area contributed by atoms with Gasteiger partial charge in [-0.25, -0.2) is 4.98 Å². The SMILES string of the molecule is N[C@@H](Cc1c[nH]c2ccccc12)C(=O)N[C@@H](Cc1cnc(C2CCC2)[nH]1)C(=O)NCc1ccccc1. The van der Waals surface area contributed by atoms with E-state index in [9.17, 15) is 9.59 Å². The number of hydrogen-bond acceptors (Lipinski definition) is 4. The van der Waals surface area contributed by atoms with Crippen LogP contribution in [0.4, 0.5) is 0 Å². The number of fused-ring (bicyclic) bond motifs is 1. The van der Waals surface area contributed by atoms with Crippen molar-refractivity contribution in [1.29, 1.82) is 0 Å². The molecule has 36 heavy (non-hydrogen) atoms. The van der Waals surface area contributed by atoms with Gasteiger partial charge in [0.25, 0.3) is 0 Å². The number of imidazole rings is 1. The maximum absolute atomic E-state index is 13.2. The summed E-state index contributed by atoms with van der Waals surface area (Å²) in [4.78, 5) is 37.4. The number of carbonyl (C=O) groups is 2. The zero-order chi connectivity index (χ0) is 24.9. The molecule has 6 N–H and O–H groups in total. The third-order valence-electron chi connectivity index (χ3n) is 6.96. The fourth-order valence-corrected chi connectivity index (χ4v) is 4.62.